The van der Waals surface area contributed by atoms with Crippen molar-refractivity contribution < 1.29 is 29.3 Å². The Morgan fingerprint density at radius 3 is 1.29 bits per heavy atom. The Bertz CT molecular complexity index is 1540. The number of aryl methyl sites for hydroxylation is 2. The number of amides is 2. The van der Waals surface area contributed by atoms with Crippen molar-refractivity contribution in [2.45, 2.75) is 66.2 Å². The average Bonchev–Trinajstić information content (AvgIpc) is 3.07. The molecular weight excluding hydrogens is 612 g/mol. The summed E-state index contributed by atoms with van der Waals surface area (Å²) in [5, 5.41) is 42.0. The average molecular weight is 657 g/mol. The number of carbonyl (C=O) groups is 2. The van der Waals surface area contributed by atoms with E-state index >= 15 is 0 Å². The number of carbonyl (C=O) groups excluding carboxylic acids is 2. The molecule has 254 valence electrons. The lowest BCUT2D eigenvalue weighted by molar-refractivity contribution is -0.114. The molecular formula is C36H44N6O6. The highest BCUT2D eigenvalue weighted by Crippen LogP contribution is 2.37. The number of unbranched alkanes of at least 4 members (excludes halogenated alkanes) is 2. The zero-order valence-electron chi connectivity index (χ0n) is 28.3. The van der Waals surface area contributed by atoms with E-state index in [2.05, 4.69) is 44.9 Å². The van der Waals surface area contributed by atoms with Gasteiger partial charge in [-0.05, 0) is 74.9 Å². The van der Waals surface area contributed by atoms with Crippen molar-refractivity contribution in [1.29, 1.82) is 0 Å². The van der Waals surface area contributed by atoms with E-state index in [0.29, 0.717) is 11.4 Å². The van der Waals surface area contributed by atoms with Crippen molar-refractivity contribution in [1.82, 2.24) is 0 Å². The molecule has 0 fully saturated rings. The summed E-state index contributed by atoms with van der Waals surface area (Å²) in [6.07, 6.45) is 6.28. The molecule has 0 aromatic heterocycles. The van der Waals surface area contributed by atoms with Crippen LogP contribution in [0.25, 0.3) is 0 Å². The molecule has 0 saturated heterocycles. The third kappa shape index (κ3) is 10.8. The number of nitrogens with zero attached hydrogens (tertiary/aromatic N) is 4. The van der Waals surface area contributed by atoms with Crippen LogP contribution in [0.3, 0.4) is 0 Å². The van der Waals surface area contributed by atoms with Crippen molar-refractivity contribution in [3.8, 4) is 11.5 Å². The number of benzene rings is 3. The topological polar surface area (TPSA) is 167 Å². The van der Waals surface area contributed by atoms with Crippen LogP contribution in [-0.4, -0.2) is 36.2 Å². The molecule has 0 atom stereocenters. The third-order valence-electron chi connectivity index (χ3n) is 7.18. The normalized spacial score (nSPS) is 12.5. The Labute approximate surface area is 281 Å². The predicted molar refractivity (Wildman–Crippen MR) is 187 cm³/mol. The van der Waals surface area contributed by atoms with Crippen LogP contribution in [0.2, 0.25) is 0 Å². The number of hydrogen-bond acceptors (Lipinski definition) is 10. The van der Waals surface area contributed by atoms with Gasteiger partial charge in [-0.15, -0.1) is 10.2 Å². The molecule has 48 heavy (non-hydrogen) atoms. The number of nitrogens with one attached hydrogen (secondary N) is 2. The summed E-state index contributed by atoms with van der Waals surface area (Å²) in [4.78, 5) is 26.4. The number of hydrogen-bond donors (Lipinski definition) is 4. The van der Waals surface area contributed by atoms with Gasteiger partial charge in [0.25, 0.3) is 11.8 Å². The Morgan fingerprint density at radius 2 is 1.00 bits per heavy atom. The molecule has 0 bridgehead atoms. The Hall–Kier alpha value is -5.52. The van der Waals surface area contributed by atoms with Crippen molar-refractivity contribution in [3.63, 3.8) is 0 Å². The smallest absolute Gasteiger partial charge is 0.279 e. The molecule has 12 nitrogen and oxygen atoms in total. The van der Waals surface area contributed by atoms with Crippen LogP contribution in [0, 0.1) is 0 Å². The van der Waals surface area contributed by atoms with Gasteiger partial charge in [0.05, 0.1) is 37.0 Å². The largest absolute Gasteiger partial charge is 0.510 e. The molecule has 3 aromatic carbocycles. The zero-order chi connectivity index (χ0) is 35.1. The van der Waals surface area contributed by atoms with Gasteiger partial charge in [0.15, 0.2) is 11.4 Å². The van der Waals surface area contributed by atoms with E-state index in [1.807, 2.05) is 24.3 Å². The van der Waals surface area contributed by atoms with E-state index in [1.54, 1.807) is 24.3 Å². The fourth-order valence-corrected chi connectivity index (χ4v) is 4.46. The van der Waals surface area contributed by atoms with E-state index in [0.717, 1.165) is 38.5 Å². The summed E-state index contributed by atoms with van der Waals surface area (Å²) in [5.74, 6) is -1.88. The first-order valence-electron chi connectivity index (χ1n) is 15.8. The van der Waals surface area contributed by atoms with Gasteiger partial charge in [0.1, 0.15) is 23.0 Å². The molecule has 3 aromatic rings. The van der Waals surface area contributed by atoms with Crippen LogP contribution in [-0.2, 0) is 22.4 Å². The van der Waals surface area contributed by atoms with Crippen LogP contribution < -0.4 is 20.1 Å². The number of rotatable bonds is 16. The first kappa shape index (κ1) is 36.9. The lowest BCUT2D eigenvalue weighted by Gasteiger charge is -2.16. The van der Waals surface area contributed by atoms with Crippen molar-refractivity contribution in [2.75, 3.05) is 24.9 Å². The second-order valence-corrected chi connectivity index (χ2v) is 11.0. The summed E-state index contributed by atoms with van der Waals surface area (Å²) in [7, 11) is 2.76. The van der Waals surface area contributed by atoms with E-state index < -0.39 is 11.8 Å². The van der Waals surface area contributed by atoms with Gasteiger partial charge in [-0.25, -0.2) is 0 Å². The molecule has 12 heteroatoms. The predicted octanol–water partition coefficient (Wildman–Crippen LogP) is 9.41. The van der Waals surface area contributed by atoms with Gasteiger partial charge in [0, 0.05) is 12.1 Å². The number of aliphatic hydroxyl groups is 2. The van der Waals surface area contributed by atoms with Crippen LogP contribution in [0.4, 0.5) is 22.7 Å². The summed E-state index contributed by atoms with van der Waals surface area (Å²) in [6.45, 7) is 6.92. The minimum absolute atomic E-state index is 0.157. The summed E-state index contributed by atoms with van der Waals surface area (Å²) in [5.41, 5.74) is 3.12. The summed E-state index contributed by atoms with van der Waals surface area (Å²) in [6, 6.07) is 17.8. The maximum atomic E-state index is 13.2. The van der Waals surface area contributed by atoms with Crippen molar-refractivity contribution >= 4 is 34.6 Å². The van der Waals surface area contributed by atoms with Crippen LogP contribution >= 0.6 is 0 Å². The van der Waals surface area contributed by atoms with Gasteiger partial charge in [0.2, 0.25) is 0 Å². The van der Waals surface area contributed by atoms with Gasteiger partial charge in [-0.1, -0.05) is 51.0 Å². The van der Waals surface area contributed by atoms with Gasteiger partial charge in [-0.3, -0.25) is 9.59 Å². The third-order valence-corrected chi connectivity index (χ3v) is 7.18. The molecule has 0 aliphatic carbocycles. The number of allylic oxidation sites excluding steroid dienone is 2. The standard InChI is InChI=1S/C36H44N6O6/c1-7-9-11-25-13-17-27(18-14-25)39-41-33(23(3)43)35(45)37-29-21-32(48-6)30(22-31(29)47-5)38-36(46)34(24(4)44)42-40-28-19-15-26(16-20-28)12-10-8-2/h13-22,43-44H,7-12H2,1-6H3,(H,37,45)(H,38,46)/b33-23+,34-24+,41-39?,42-40?. The van der Waals surface area contributed by atoms with Crippen LogP contribution in [0.5, 0.6) is 11.5 Å². The molecule has 0 spiro atoms. The van der Waals surface area contributed by atoms with Crippen LogP contribution in [0.1, 0.15) is 64.5 Å². The van der Waals surface area contributed by atoms with E-state index in [1.165, 1.54) is 51.3 Å². The van der Waals surface area contributed by atoms with E-state index in [-0.39, 0.29) is 45.8 Å². The highest BCUT2D eigenvalue weighted by atomic mass is 16.5. The van der Waals surface area contributed by atoms with E-state index in [4.69, 9.17) is 9.47 Å². The highest BCUT2D eigenvalue weighted by Gasteiger charge is 2.21. The second-order valence-electron chi connectivity index (χ2n) is 11.0. The molecule has 0 radical (unpaired) electrons. The summed E-state index contributed by atoms with van der Waals surface area (Å²) >= 11 is 0. The molecule has 0 saturated carbocycles. The first-order chi connectivity index (χ1) is 23.1. The molecule has 0 heterocycles. The minimum atomic E-state index is -0.754. The molecule has 3 rings (SSSR count). The number of ether oxygens (including phenoxy) is 2. The fraction of sp³-hybridized carbons (Fsp3) is 0.333. The lowest BCUT2D eigenvalue weighted by atomic mass is 10.1. The van der Waals surface area contributed by atoms with Gasteiger partial charge < -0.3 is 30.3 Å². The molecule has 0 aliphatic rings. The Balaban J connectivity index is 1.78. The Kier molecular flexibility index (Phi) is 14.3. The monoisotopic (exact) mass is 656 g/mol. The molecule has 2 amide bonds. The fourth-order valence-electron chi connectivity index (χ4n) is 4.46. The number of methoxy groups -OCH3 is 2. The minimum Gasteiger partial charge on any atom is -0.510 e. The Morgan fingerprint density at radius 1 is 0.646 bits per heavy atom. The van der Waals surface area contributed by atoms with Gasteiger partial charge >= 0.3 is 0 Å². The van der Waals surface area contributed by atoms with E-state index in [9.17, 15) is 19.8 Å². The lowest BCUT2D eigenvalue weighted by Crippen LogP contribution is -2.17. The highest BCUT2D eigenvalue weighted by molar-refractivity contribution is 6.07. The van der Waals surface area contributed by atoms with Crippen LogP contribution in [0.15, 0.2) is 104 Å². The number of anilines is 2. The summed E-state index contributed by atoms with van der Waals surface area (Å²) < 4.78 is 10.9. The quantitative estimate of drug-likeness (QED) is 0.0681. The molecule has 0 unspecified atom stereocenters. The molecule has 4 N–H and O–H groups in total. The maximum absolute atomic E-state index is 13.2. The molecule has 0 aliphatic heterocycles. The maximum Gasteiger partial charge on any atom is 0.279 e. The SMILES string of the molecule is CCCCc1ccc(N=N/C(C(=O)Nc2cc(OC)c(NC(=O)/C(N=Nc3ccc(CCCC)cc3)=C(/C)O)cc2OC)=C(\C)O)cc1. The van der Waals surface area contributed by atoms with Crippen molar-refractivity contribution in [2.24, 2.45) is 20.5 Å². The number of aliphatic hydroxyl groups excluding tert-OH is 2. The van der Waals surface area contributed by atoms with Crippen molar-refractivity contribution in [3.05, 3.63) is 94.7 Å². The number of azo groups is 2. The zero-order valence-corrected chi connectivity index (χ0v) is 28.3. The first-order valence-corrected chi connectivity index (χ1v) is 15.8. The second kappa shape index (κ2) is 18.6. The van der Waals surface area contributed by atoms with Gasteiger partial charge in [-0.2, -0.15) is 10.2 Å².